The molecule has 3 aromatic rings. The zero-order valence-electron chi connectivity index (χ0n) is 17.9. The maximum Gasteiger partial charge on any atom is 0.279 e. The predicted octanol–water partition coefficient (Wildman–Crippen LogP) is 3.07. The van der Waals surface area contributed by atoms with Gasteiger partial charge in [-0.05, 0) is 54.4 Å². The number of hydrogen-bond acceptors (Lipinski definition) is 5. The molecule has 0 radical (unpaired) electrons. The van der Waals surface area contributed by atoms with E-state index in [1.807, 2.05) is 6.07 Å². The van der Waals surface area contributed by atoms with Crippen LogP contribution < -0.4 is 16.4 Å². The Morgan fingerprint density at radius 2 is 2.00 bits per heavy atom. The van der Waals surface area contributed by atoms with Gasteiger partial charge in [0, 0.05) is 4.88 Å². The van der Waals surface area contributed by atoms with Crippen LogP contribution in [0.25, 0.3) is 10.9 Å². The van der Waals surface area contributed by atoms with E-state index < -0.39 is 5.91 Å². The minimum atomic E-state index is -0.498. The number of nitrogens with zero attached hydrogens (tertiary/aromatic N) is 2. The number of aromatic nitrogens is 2. The third-order valence-corrected chi connectivity index (χ3v) is 7.13. The summed E-state index contributed by atoms with van der Waals surface area (Å²) in [7, 11) is 0. The summed E-state index contributed by atoms with van der Waals surface area (Å²) in [5.41, 5.74) is 6.62. The summed E-state index contributed by atoms with van der Waals surface area (Å²) in [6.45, 7) is 6.54. The van der Waals surface area contributed by atoms with E-state index >= 15 is 0 Å². The van der Waals surface area contributed by atoms with E-state index in [-0.39, 0.29) is 23.4 Å². The predicted molar refractivity (Wildman–Crippen MR) is 121 cm³/mol. The first kappa shape index (κ1) is 21.2. The van der Waals surface area contributed by atoms with Gasteiger partial charge in [0.1, 0.15) is 6.54 Å². The highest BCUT2D eigenvalue weighted by Crippen LogP contribution is 2.40. The molecule has 1 aliphatic carbocycles. The molecule has 2 N–H and O–H groups in total. The minimum Gasteiger partial charge on any atom is -0.289 e. The van der Waals surface area contributed by atoms with E-state index in [1.165, 1.54) is 32.7 Å². The van der Waals surface area contributed by atoms with Gasteiger partial charge in [-0.25, -0.2) is 4.98 Å². The first-order chi connectivity index (χ1) is 14.7. The summed E-state index contributed by atoms with van der Waals surface area (Å²) in [5.74, 6) is -0.246. The summed E-state index contributed by atoms with van der Waals surface area (Å²) in [6.07, 6.45) is 4.43. The SMILES string of the molecule is CC(C)(C)C1CCc2sc(C(=O)NNC(=O)Cn3cnc4ccccc4c3=O)cc2C1. The van der Waals surface area contributed by atoms with E-state index in [0.717, 1.165) is 19.3 Å². The van der Waals surface area contributed by atoms with Crippen molar-refractivity contribution >= 4 is 34.1 Å². The highest BCUT2D eigenvalue weighted by molar-refractivity contribution is 7.14. The first-order valence-electron chi connectivity index (χ1n) is 10.4. The molecule has 0 spiro atoms. The van der Waals surface area contributed by atoms with Gasteiger partial charge in [-0.15, -0.1) is 11.3 Å². The normalized spacial score (nSPS) is 16.0. The van der Waals surface area contributed by atoms with E-state index in [9.17, 15) is 14.4 Å². The molecule has 0 saturated carbocycles. The minimum absolute atomic E-state index is 0.231. The molecule has 31 heavy (non-hydrogen) atoms. The van der Waals surface area contributed by atoms with Crippen molar-refractivity contribution in [2.24, 2.45) is 11.3 Å². The van der Waals surface area contributed by atoms with Gasteiger partial charge in [0.2, 0.25) is 0 Å². The summed E-state index contributed by atoms with van der Waals surface area (Å²) < 4.78 is 1.22. The Balaban J connectivity index is 1.38. The standard InChI is InChI=1S/C23H26N4O3S/c1-23(2,3)15-8-9-18-14(10-15)11-19(31-18)21(29)26-25-20(28)12-27-13-24-17-7-5-4-6-16(17)22(27)30/h4-7,11,13,15H,8-10,12H2,1-3H3,(H,25,28)(H,26,29). The van der Waals surface area contributed by atoms with Crippen LogP contribution >= 0.6 is 11.3 Å². The number of aryl methyl sites for hydroxylation is 1. The number of hydrogen-bond donors (Lipinski definition) is 2. The van der Waals surface area contributed by atoms with Crippen molar-refractivity contribution < 1.29 is 9.59 Å². The van der Waals surface area contributed by atoms with Crippen molar-refractivity contribution in [2.45, 2.75) is 46.6 Å². The Morgan fingerprint density at radius 1 is 1.23 bits per heavy atom. The highest BCUT2D eigenvalue weighted by Gasteiger charge is 2.30. The Morgan fingerprint density at radius 3 is 2.77 bits per heavy atom. The number of hydrazine groups is 1. The second-order valence-electron chi connectivity index (χ2n) is 9.06. The van der Waals surface area contributed by atoms with E-state index in [1.54, 1.807) is 24.3 Å². The number of nitrogens with one attached hydrogen (secondary N) is 2. The lowest BCUT2D eigenvalue weighted by atomic mass is 9.72. The smallest absolute Gasteiger partial charge is 0.279 e. The first-order valence-corrected chi connectivity index (χ1v) is 11.2. The molecule has 1 aliphatic rings. The molecule has 162 valence electrons. The van der Waals surface area contributed by atoms with Gasteiger partial charge in [0.05, 0.1) is 22.1 Å². The zero-order valence-corrected chi connectivity index (χ0v) is 18.7. The van der Waals surface area contributed by atoms with Gasteiger partial charge in [-0.2, -0.15) is 0 Å². The fourth-order valence-electron chi connectivity index (χ4n) is 3.98. The largest absolute Gasteiger partial charge is 0.289 e. The van der Waals surface area contributed by atoms with Crippen molar-refractivity contribution in [2.75, 3.05) is 0 Å². The molecular weight excluding hydrogens is 412 g/mol. The zero-order chi connectivity index (χ0) is 22.2. The molecule has 1 unspecified atom stereocenters. The fraction of sp³-hybridized carbons (Fsp3) is 0.391. The van der Waals surface area contributed by atoms with Crippen molar-refractivity contribution in [3.63, 3.8) is 0 Å². The van der Waals surface area contributed by atoms with E-state index in [0.29, 0.717) is 21.7 Å². The summed E-state index contributed by atoms with van der Waals surface area (Å²) >= 11 is 1.49. The summed E-state index contributed by atoms with van der Waals surface area (Å²) in [6, 6.07) is 8.90. The quantitative estimate of drug-likeness (QED) is 0.615. The van der Waals surface area contributed by atoms with Crippen LogP contribution in [0.1, 0.15) is 47.3 Å². The van der Waals surface area contributed by atoms with Crippen LogP contribution in [0, 0.1) is 11.3 Å². The van der Waals surface area contributed by atoms with Crippen LogP contribution in [0.4, 0.5) is 0 Å². The van der Waals surface area contributed by atoms with Crippen LogP contribution in [-0.4, -0.2) is 21.4 Å². The highest BCUT2D eigenvalue weighted by atomic mass is 32.1. The second kappa shape index (κ2) is 8.26. The molecule has 8 heteroatoms. The molecule has 2 aromatic heterocycles. The number of fused-ring (bicyclic) bond motifs is 2. The Labute approximate surface area is 184 Å². The third kappa shape index (κ3) is 4.54. The van der Waals surface area contributed by atoms with Crippen molar-refractivity contribution in [3.05, 3.63) is 62.3 Å². The number of benzene rings is 1. The second-order valence-corrected chi connectivity index (χ2v) is 10.2. The van der Waals surface area contributed by atoms with Gasteiger partial charge in [0.15, 0.2) is 0 Å². The fourth-order valence-corrected chi connectivity index (χ4v) is 5.08. The van der Waals surface area contributed by atoms with Crippen molar-refractivity contribution in [3.8, 4) is 0 Å². The van der Waals surface area contributed by atoms with Crippen LogP contribution in [-0.2, 0) is 24.2 Å². The topological polar surface area (TPSA) is 93.1 Å². The molecule has 0 fully saturated rings. The molecule has 0 bridgehead atoms. The number of para-hydroxylation sites is 1. The van der Waals surface area contributed by atoms with Crippen LogP contribution in [0.3, 0.4) is 0 Å². The molecule has 0 saturated heterocycles. The van der Waals surface area contributed by atoms with Gasteiger partial charge >= 0.3 is 0 Å². The Kier molecular flexibility index (Phi) is 5.66. The van der Waals surface area contributed by atoms with Gasteiger partial charge < -0.3 is 0 Å². The number of rotatable bonds is 3. The number of thiophene rings is 1. The molecule has 7 nitrogen and oxygen atoms in total. The van der Waals surface area contributed by atoms with Crippen molar-refractivity contribution in [1.82, 2.24) is 20.4 Å². The monoisotopic (exact) mass is 438 g/mol. The van der Waals surface area contributed by atoms with Crippen LogP contribution in [0.2, 0.25) is 0 Å². The number of amides is 2. The maximum absolute atomic E-state index is 12.5. The molecule has 2 heterocycles. The summed E-state index contributed by atoms with van der Waals surface area (Å²) in [5, 5.41) is 0.444. The molecule has 2 amide bonds. The Hall–Kier alpha value is -3.00. The van der Waals surface area contributed by atoms with Crippen molar-refractivity contribution in [1.29, 1.82) is 0 Å². The van der Waals surface area contributed by atoms with Gasteiger partial charge in [-0.3, -0.25) is 29.8 Å². The van der Waals surface area contributed by atoms with Crippen LogP contribution in [0.5, 0.6) is 0 Å². The lowest BCUT2D eigenvalue weighted by Gasteiger charge is -2.33. The van der Waals surface area contributed by atoms with E-state index in [2.05, 4.69) is 36.6 Å². The third-order valence-electron chi connectivity index (χ3n) is 5.89. The Bertz CT molecular complexity index is 1210. The lowest BCUT2D eigenvalue weighted by Crippen LogP contribution is -2.44. The van der Waals surface area contributed by atoms with E-state index in [4.69, 9.17) is 0 Å². The maximum atomic E-state index is 12.5. The van der Waals surface area contributed by atoms with Gasteiger partial charge in [0.25, 0.3) is 17.4 Å². The van der Waals surface area contributed by atoms with Crippen LogP contribution in [0.15, 0.2) is 41.5 Å². The molecule has 1 aromatic carbocycles. The lowest BCUT2D eigenvalue weighted by molar-refractivity contribution is -0.122. The molecule has 1 atom stereocenters. The number of carbonyl (C=O) groups excluding carboxylic acids is 2. The summed E-state index contributed by atoms with van der Waals surface area (Å²) in [4.78, 5) is 43.3. The molecular formula is C23H26N4O3S. The number of carbonyl (C=O) groups is 2. The molecule has 4 rings (SSSR count). The average molecular weight is 439 g/mol. The average Bonchev–Trinajstić information content (AvgIpc) is 3.17. The molecule has 0 aliphatic heterocycles. The van der Waals surface area contributed by atoms with Gasteiger partial charge in [-0.1, -0.05) is 32.9 Å².